The number of rotatable bonds is 7. The fourth-order valence-corrected chi connectivity index (χ4v) is 4.63. The minimum atomic E-state index is 0.531. The van der Waals surface area contributed by atoms with Crippen LogP contribution in [0.2, 0.25) is 5.02 Å². The van der Waals surface area contributed by atoms with Crippen molar-refractivity contribution in [2.45, 2.75) is 28.8 Å². The minimum absolute atomic E-state index is 0.531. The van der Waals surface area contributed by atoms with Gasteiger partial charge in [-0.05, 0) is 42.0 Å². The molecule has 0 saturated carbocycles. The first-order valence-corrected chi connectivity index (χ1v) is 9.34. The fraction of sp³-hybridized carbons (Fsp3) is 0.235. The predicted molar refractivity (Wildman–Crippen MR) is 96.0 cm³/mol. The van der Waals surface area contributed by atoms with Gasteiger partial charge in [0.05, 0.1) is 10.5 Å². The van der Waals surface area contributed by atoms with Gasteiger partial charge in [0.1, 0.15) is 0 Å². The highest BCUT2D eigenvalue weighted by molar-refractivity contribution is 8.01. The average Bonchev–Trinajstić information content (AvgIpc) is 3.20. The molecule has 3 aromatic rings. The number of thiophene rings is 1. The molecule has 0 N–H and O–H groups in total. The Bertz CT molecular complexity index is 627. The second kappa shape index (κ2) is 7.86. The zero-order valence-electron chi connectivity index (χ0n) is 12.1. The van der Waals surface area contributed by atoms with E-state index >= 15 is 0 Å². The normalized spacial score (nSPS) is 12.4. The van der Waals surface area contributed by atoms with E-state index in [1.807, 2.05) is 54.0 Å². The molecular weight excluding hydrogens is 332 g/mol. The molecule has 3 rings (SSSR count). The van der Waals surface area contributed by atoms with Crippen LogP contribution < -0.4 is 0 Å². The van der Waals surface area contributed by atoms with Gasteiger partial charge >= 0.3 is 0 Å². The third-order valence-corrected chi connectivity index (χ3v) is 6.00. The summed E-state index contributed by atoms with van der Waals surface area (Å²) in [5.41, 5.74) is 1.34. The molecular formula is C17H17ClN2S2. The molecule has 0 aliphatic carbocycles. The maximum absolute atomic E-state index is 5.95. The zero-order valence-corrected chi connectivity index (χ0v) is 14.4. The van der Waals surface area contributed by atoms with Gasteiger partial charge in [-0.2, -0.15) is 0 Å². The van der Waals surface area contributed by atoms with E-state index < -0.39 is 0 Å². The molecule has 0 aliphatic rings. The van der Waals surface area contributed by atoms with Crippen LogP contribution in [0.3, 0.4) is 0 Å². The smallest absolute Gasteiger partial charge is 0.0946 e. The van der Waals surface area contributed by atoms with Crippen LogP contribution in [-0.2, 0) is 13.0 Å². The van der Waals surface area contributed by atoms with Gasteiger partial charge in [-0.15, -0.1) is 23.1 Å². The number of hydrogen-bond acceptors (Lipinski definition) is 3. The Kier molecular flexibility index (Phi) is 5.59. The number of aromatic nitrogens is 2. The van der Waals surface area contributed by atoms with Crippen LogP contribution in [0.4, 0.5) is 0 Å². The van der Waals surface area contributed by atoms with Gasteiger partial charge in [0.15, 0.2) is 0 Å². The second-order valence-electron chi connectivity index (χ2n) is 5.10. The van der Waals surface area contributed by atoms with E-state index in [2.05, 4.69) is 39.2 Å². The number of hydrogen-bond donors (Lipinski definition) is 0. The number of nitrogens with zero attached hydrogens (tertiary/aromatic N) is 2. The van der Waals surface area contributed by atoms with E-state index in [1.54, 1.807) is 0 Å². The molecule has 2 heterocycles. The SMILES string of the molecule is Clc1ccc(CCC(Cn2ccnc2)Sc2cccs2)cc1. The highest BCUT2D eigenvalue weighted by Gasteiger charge is 2.12. The topological polar surface area (TPSA) is 17.8 Å². The summed E-state index contributed by atoms with van der Waals surface area (Å²) in [5.74, 6) is 0. The van der Waals surface area contributed by atoms with Crippen LogP contribution in [-0.4, -0.2) is 14.8 Å². The molecule has 114 valence electrons. The van der Waals surface area contributed by atoms with E-state index in [1.165, 1.54) is 9.77 Å². The first-order chi connectivity index (χ1) is 10.8. The lowest BCUT2D eigenvalue weighted by molar-refractivity contribution is 0.624. The monoisotopic (exact) mass is 348 g/mol. The molecule has 0 amide bonds. The summed E-state index contributed by atoms with van der Waals surface area (Å²) in [6.07, 6.45) is 7.96. The standard InChI is InChI=1S/C17H17ClN2S2/c18-15-6-3-14(4-7-15)5-8-16(12-20-10-9-19-13-20)22-17-2-1-11-21-17/h1-4,6-7,9-11,13,16H,5,8,12H2. The quantitative estimate of drug-likeness (QED) is 0.532. The number of thioether (sulfide) groups is 1. The first kappa shape index (κ1) is 15.7. The lowest BCUT2D eigenvalue weighted by Crippen LogP contribution is -2.13. The molecule has 1 atom stereocenters. The molecule has 0 spiro atoms. The Morgan fingerprint density at radius 3 is 2.77 bits per heavy atom. The van der Waals surface area contributed by atoms with Crippen molar-refractivity contribution in [1.82, 2.24) is 9.55 Å². The molecule has 5 heteroatoms. The van der Waals surface area contributed by atoms with Gasteiger partial charge in [-0.1, -0.05) is 29.8 Å². The van der Waals surface area contributed by atoms with Gasteiger partial charge in [0.2, 0.25) is 0 Å². The van der Waals surface area contributed by atoms with Crippen molar-refractivity contribution in [3.05, 3.63) is 71.1 Å². The largest absolute Gasteiger partial charge is 0.336 e. The van der Waals surface area contributed by atoms with Crippen molar-refractivity contribution in [2.75, 3.05) is 0 Å². The van der Waals surface area contributed by atoms with E-state index in [-0.39, 0.29) is 0 Å². The lowest BCUT2D eigenvalue weighted by atomic mass is 10.1. The van der Waals surface area contributed by atoms with Gasteiger partial charge in [0, 0.05) is 29.2 Å². The van der Waals surface area contributed by atoms with Crippen molar-refractivity contribution in [2.24, 2.45) is 0 Å². The summed E-state index contributed by atoms with van der Waals surface area (Å²) in [5, 5.41) is 3.46. The molecule has 0 aliphatic heterocycles. The predicted octanol–water partition coefficient (Wildman–Crippen LogP) is 5.39. The van der Waals surface area contributed by atoms with Crippen LogP contribution in [0.15, 0.2) is 64.7 Å². The number of imidazole rings is 1. The Hall–Kier alpha value is -1.23. The molecule has 1 aromatic carbocycles. The highest BCUT2D eigenvalue weighted by Crippen LogP contribution is 2.31. The van der Waals surface area contributed by atoms with Gasteiger partial charge in [-0.3, -0.25) is 0 Å². The first-order valence-electron chi connectivity index (χ1n) is 7.20. The molecule has 22 heavy (non-hydrogen) atoms. The Morgan fingerprint density at radius 1 is 1.23 bits per heavy atom. The van der Waals surface area contributed by atoms with Crippen molar-refractivity contribution in [3.63, 3.8) is 0 Å². The summed E-state index contributed by atoms with van der Waals surface area (Å²) in [6.45, 7) is 0.982. The second-order valence-corrected chi connectivity index (χ2v) is 8.08. The Morgan fingerprint density at radius 2 is 2.09 bits per heavy atom. The third kappa shape index (κ3) is 4.63. The maximum atomic E-state index is 5.95. The van der Waals surface area contributed by atoms with Crippen LogP contribution in [0.5, 0.6) is 0 Å². The molecule has 0 fully saturated rings. The van der Waals surface area contributed by atoms with E-state index in [9.17, 15) is 0 Å². The summed E-state index contributed by atoms with van der Waals surface area (Å²) < 4.78 is 3.54. The van der Waals surface area contributed by atoms with E-state index in [0.29, 0.717) is 5.25 Å². The van der Waals surface area contributed by atoms with E-state index in [0.717, 1.165) is 24.4 Å². The maximum Gasteiger partial charge on any atom is 0.0946 e. The van der Waals surface area contributed by atoms with Crippen LogP contribution >= 0.6 is 34.7 Å². The summed E-state index contributed by atoms with van der Waals surface area (Å²) >= 11 is 9.72. The van der Waals surface area contributed by atoms with Crippen LogP contribution in [0.25, 0.3) is 0 Å². The number of benzene rings is 1. The van der Waals surface area contributed by atoms with E-state index in [4.69, 9.17) is 11.6 Å². The third-order valence-electron chi connectivity index (χ3n) is 3.42. The zero-order chi connectivity index (χ0) is 15.2. The number of halogens is 1. The molecule has 1 unspecified atom stereocenters. The summed E-state index contributed by atoms with van der Waals surface area (Å²) in [6, 6.07) is 12.5. The van der Waals surface area contributed by atoms with Crippen molar-refractivity contribution in [1.29, 1.82) is 0 Å². The summed E-state index contributed by atoms with van der Waals surface area (Å²) in [7, 11) is 0. The molecule has 2 nitrogen and oxygen atoms in total. The summed E-state index contributed by atoms with van der Waals surface area (Å²) in [4.78, 5) is 4.14. The fourth-order valence-electron chi connectivity index (χ4n) is 2.29. The van der Waals surface area contributed by atoms with Crippen molar-refractivity contribution < 1.29 is 0 Å². The Labute approximate surface area is 144 Å². The Balaban J connectivity index is 1.63. The van der Waals surface area contributed by atoms with Crippen LogP contribution in [0, 0.1) is 0 Å². The minimum Gasteiger partial charge on any atom is -0.336 e. The molecule has 0 bridgehead atoms. The molecule has 0 saturated heterocycles. The van der Waals surface area contributed by atoms with Gasteiger partial charge in [-0.25, -0.2) is 4.98 Å². The lowest BCUT2D eigenvalue weighted by Gasteiger charge is -2.16. The van der Waals surface area contributed by atoms with Gasteiger partial charge in [0.25, 0.3) is 0 Å². The average molecular weight is 349 g/mol. The van der Waals surface area contributed by atoms with Crippen molar-refractivity contribution in [3.8, 4) is 0 Å². The highest BCUT2D eigenvalue weighted by atomic mass is 35.5. The molecule has 0 radical (unpaired) electrons. The van der Waals surface area contributed by atoms with Gasteiger partial charge < -0.3 is 4.57 Å². The number of aryl methyl sites for hydroxylation is 1. The van der Waals surface area contributed by atoms with Crippen molar-refractivity contribution >= 4 is 34.7 Å². The van der Waals surface area contributed by atoms with Crippen LogP contribution in [0.1, 0.15) is 12.0 Å². The molecule has 2 aromatic heterocycles.